The van der Waals surface area contributed by atoms with Crippen LogP contribution < -0.4 is 0 Å². The molecule has 0 bridgehead atoms. The number of hydrogen-bond acceptors (Lipinski definition) is 4. The molecule has 106 valence electrons. The van der Waals surface area contributed by atoms with Gasteiger partial charge < -0.3 is 13.9 Å². The van der Waals surface area contributed by atoms with Crippen LogP contribution in [0.15, 0.2) is 41.0 Å². The summed E-state index contributed by atoms with van der Waals surface area (Å²) >= 11 is 0. The number of carbonyl (C=O) groups is 1. The number of rotatable bonds is 3. The van der Waals surface area contributed by atoms with Crippen LogP contribution in [0, 0.1) is 0 Å². The second-order valence-corrected chi connectivity index (χ2v) is 5.37. The Morgan fingerprint density at radius 3 is 2.80 bits per heavy atom. The highest BCUT2D eigenvalue weighted by atomic mass is 16.7. The fraction of sp³-hybridized carbons (Fsp3) is 0.312. The maximum absolute atomic E-state index is 11.3. The van der Waals surface area contributed by atoms with E-state index in [1.54, 1.807) is 39.2 Å². The highest BCUT2D eigenvalue weighted by Gasteiger charge is 2.16. The molecule has 0 amide bonds. The van der Waals surface area contributed by atoms with Gasteiger partial charge in [0.2, 0.25) is 0 Å². The Hall–Kier alpha value is -2.23. The van der Waals surface area contributed by atoms with E-state index in [4.69, 9.17) is 13.9 Å². The minimum absolute atomic E-state index is 0.143. The Morgan fingerprint density at radius 2 is 2.05 bits per heavy atom. The van der Waals surface area contributed by atoms with E-state index in [1.807, 2.05) is 24.3 Å². The van der Waals surface area contributed by atoms with Crippen molar-refractivity contribution in [2.24, 2.45) is 0 Å². The Labute approximate surface area is 118 Å². The quantitative estimate of drug-likeness (QED) is 0.778. The molecule has 0 atom stereocenters. The Balaban J connectivity index is 1.89. The first-order valence-corrected chi connectivity index (χ1v) is 6.44. The van der Waals surface area contributed by atoms with Crippen LogP contribution in [0.3, 0.4) is 0 Å². The Kier molecular flexibility index (Phi) is 4.13. The van der Waals surface area contributed by atoms with Crippen LogP contribution in [0.2, 0.25) is 0 Å². The van der Waals surface area contributed by atoms with Crippen molar-refractivity contribution in [2.75, 3.05) is 6.61 Å². The minimum atomic E-state index is -0.675. The van der Waals surface area contributed by atoms with Gasteiger partial charge in [-0.1, -0.05) is 24.3 Å². The normalized spacial score (nSPS) is 11.9. The molecule has 0 spiro atoms. The van der Waals surface area contributed by atoms with Gasteiger partial charge in [0.05, 0.1) is 6.26 Å². The van der Waals surface area contributed by atoms with E-state index in [0.717, 1.165) is 16.5 Å². The summed E-state index contributed by atoms with van der Waals surface area (Å²) in [5.41, 5.74) is -0.544. The monoisotopic (exact) mass is 274 g/mol. The van der Waals surface area contributed by atoms with Gasteiger partial charge in [-0.15, -0.1) is 0 Å². The Morgan fingerprint density at radius 1 is 1.30 bits per heavy atom. The first-order valence-electron chi connectivity index (χ1n) is 6.44. The summed E-state index contributed by atoms with van der Waals surface area (Å²) in [5, 5.41) is 2.07. The van der Waals surface area contributed by atoms with E-state index in [1.165, 1.54) is 0 Å². The molecule has 0 aliphatic heterocycles. The van der Waals surface area contributed by atoms with Gasteiger partial charge >= 0.3 is 6.16 Å². The van der Waals surface area contributed by atoms with Crippen molar-refractivity contribution in [3.8, 4) is 0 Å². The molecule has 0 unspecified atom stereocenters. The van der Waals surface area contributed by atoms with Crippen LogP contribution in [-0.2, 0) is 9.47 Å². The van der Waals surface area contributed by atoms with Crippen molar-refractivity contribution in [2.45, 2.75) is 26.4 Å². The molecule has 0 N–H and O–H groups in total. The van der Waals surface area contributed by atoms with Gasteiger partial charge in [0, 0.05) is 10.8 Å². The molecule has 0 radical (unpaired) electrons. The number of fused-ring (bicyclic) bond motifs is 1. The van der Waals surface area contributed by atoms with Crippen LogP contribution in [0.1, 0.15) is 26.5 Å². The summed E-state index contributed by atoms with van der Waals surface area (Å²) in [6, 6.07) is 7.87. The zero-order valence-corrected chi connectivity index (χ0v) is 11.9. The van der Waals surface area contributed by atoms with Gasteiger partial charge in [-0.3, -0.25) is 0 Å². The van der Waals surface area contributed by atoms with Gasteiger partial charge in [0.1, 0.15) is 18.0 Å². The smallest absolute Gasteiger partial charge is 0.464 e. The van der Waals surface area contributed by atoms with Crippen molar-refractivity contribution in [1.82, 2.24) is 0 Å². The molecular formula is C16H18O4. The van der Waals surface area contributed by atoms with Crippen LogP contribution in [0.5, 0.6) is 0 Å². The summed E-state index contributed by atoms with van der Waals surface area (Å²) in [6.07, 6.45) is 4.53. The third-order valence-corrected chi connectivity index (χ3v) is 2.50. The van der Waals surface area contributed by atoms with Crippen molar-refractivity contribution in [1.29, 1.82) is 0 Å². The molecular weight excluding hydrogens is 256 g/mol. The molecule has 2 rings (SSSR count). The first kappa shape index (κ1) is 14.2. The van der Waals surface area contributed by atoms with E-state index in [2.05, 4.69) is 0 Å². The molecule has 1 aromatic carbocycles. The van der Waals surface area contributed by atoms with E-state index < -0.39 is 11.8 Å². The lowest BCUT2D eigenvalue weighted by Crippen LogP contribution is -2.24. The first-order chi connectivity index (χ1) is 9.46. The molecule has 0 saturated carbocycles. The molecule has 0 fully saturated rings. The van der Waals surface area contributed by atoms with Gasteiger partial charge in [0.15, 0.2) is 0 Å². The summed E-state index contributed by atoms with van der Waals surface area (Å²) in [4.78, 5) is 11.3. The highest BCUT2D eigenvalue weighted by Crippen LogP contribution is 2.21. The molecule has 20 heavy (non-hydrogen) atoms. The second kappa shape index (κ2) is 5.82. The lowest BCUT2D eigenvalue weighted by molar-refractivity contribution is -0.00235. The standard InChI is InChI=1S/C16H18O4/c1-16(2,3)20-15(17)18-10-6-9-14-13-8-5-4-7-12(13)11-19-14/h4-9,11H,10H2,1-3H3. The number of carbonyl (C=O) groups excluding carboxylic acids is 1. The third kappa shape index (κ3) is 3.88. The summed E-state index contributed by atoms with van der Waals surface area (Å²) < 4.78 is 15.4. The lowest BCUT2D eigenvalue weighted by Gasteiger charge is -2.18. The van der Waals surface area contributed by atoms with Crippen LogP contribution in [0.25, 0.3) is 16.8 Å². The molecule has 1 heterocycles. The molecule has 4 nitrogen and oxygen atoms in total. The second-order valence-electron chi connectivity index (χ2n) is 5.37. The fourth-order valence-corrected chi connectivity index (χ4v) is 1.69. The van der Waals surface area contributed by atoms with Crippen LogP contribution >= 0.6 is 0 Å². The molecule has 0 saturated heterocycles. The van der Waals surface area contributed by atoms with Crippen LogP contribution in [-0.4, -0.2) is 18.4 Å². The highest BCUT2D eigenvalue weighted by molar-refractivity contribution is 5.88. The summed E-state index contributed by atoms with van der Waals surface area (Å²) in [7, 11) is 0. The van der Waals surface area contributed by atoms with Gasteiger partial charge in [0.25, 0.3) is 0 Å². The Bertz CT molecular complexity index is 617. The van der Waals surface area contributed by atoms with Gasteiger partial charge in [-0.2, -0.15) is 0 Å². The zero-order chi connectivity index (χ0) is 14.6. The van der Waals surface area contributed by atoms with Gasteiger partial charge in [-0.25, -0.2) is 4.79 Å². The van der Waals surface area contributed by atoms with Gasteiger partial charge in [-0.05, 0) is 32.9 Å². The largest absolute Gasteiger partial charge is 0.509 e. The molecule has 1 aromatic heterocycles. The molecule has 2 aromatic rings. The maximum Gasteiger partial charge on any atom is 0.509 e. The van der Waals surface area contributed by atoms with Crippen molar-refractivity contribution >= 4 is 23.0 Å². The number of ether oxygens (including phenoxy) is 2. The molecule has 0 aliphatic rings. The average Bonchev–Trinajstić information content (AvgIpc) is 2.76. The lowest BCUT2D eigenvalue weighted by atomic mass is 10.2. The van der Waals surface area contributed by atoms with E-state index in [9.17, 15) is 4.79 Å². The molecule has 4 heteroatoms. The van der Waals surface area contributed by atoms with Crippen molar-refractivity contribution in [3.05, 3.63) is 42.4 Å². The van der Waals surface area contributed by atoms with Crippen molar-refractivity contribution in [3.63, 3.8) is 0 Å². The maximum atomic E-state index is 11.3. The number of furan rings is 1. The topological polar surface area (TPSA) is 48.7 Å². The summed E-state index contributed by atoms with van der Waals surface area (Å²) in [5.74, 6) is 0.744. The average molecular weight is 274 g/mol. The minimum Gasteiger partial charge on any atom is -0.464 e. The zero-order valence-electron chi connectivity index (χ0n) is 11.9. The predicted octanol–water partition coefficient (Wildman–Crippen LogP) is 4.40. The van der Waals surface area contributed by atoms with E-state index in [-0.39, 0.29) is 6.61 Å². The van der Waals surface area contributed by atoms with E-state index in [0.29, 0.717) is 0 Å². The fourth-order valence-electron chi connectivity index (χ4n) is 1.69. The van der Waals surface area contributed by atoms with Crippen LogP contribution in [0.4, 0.5) is 4.79 Å². The third-order valence-electron chi connectivity index (χ3n) is 2.50. The number of hydrogen-bond donors (Lipinski definition) is 0. The van der Waals surface area contributed by atoms with Crippen molar-refractivity contribution < 1.29 is 18.7 Å². The SMILES string of the molecule is CC(C)(C)OC(=O)OCC=Cc1occ2ccccc12. The predicted molar refractivity (Wildman–Crippen MR) is 77.4 cm³/mol. The number of benzene rings is 1. The summed E-state index contributed by atoms with van der Waals surface area (Å²) in [6.45, 7) is 5.52. The van der Waals surface area contributed by atoms with E-state index >= 15 is 0 Å². The molecule has 0 aliphatic carbocycles.